The Morgan fingerprint density at radius 2 is 2.00 bits per heavy atom. The number of aryl methyl sites for hydroxylation is 1. The van der Waals surface area contributed by atoms with Crippen LogP contribution in [-0.4, -0.2) is 20.6 Å². The molecule has 0 aliphatic heterocycles. The smallest absolute Gasteiger partial charge is 0.314 e. The van der Waals surface area contributed by atoms with Crippen LogP contribution in [0.4, 0.5) is 0 Å². The molecule has 1 aromatic carbocycles. The number of aliphatic carboxylic acids is 1. The Hall–Kier alpha value is -2.10. The fourth-order valence-electron chi connectivity index (χ4n) is 2.75. The van der Waals surface area contributed by atoms with Crippen molar-refractivity contribution < 1.29 is 9.90 Å². The Morgan fingerprint density at radius 1 is 1.32 bits per heavy atom. The molecule has 1 heterocycles. The van der Waals surface area contributed by atoms with E-state index in [-0.39, 0.29) is 0 Å². The van der Waals surface area contributed by atoms with Crippen molar-refractivity contribution in [3.05, 3.63) is 48.0 Å². The monoisotopic (exact) mass is 256 g/mol. The lowest BCUT2D eigenvalue weighted by molar-refractivity contribution is -0.147. The average molecular weight is 256 g/mol. The standard InChI is InChI=1S/C15H16N2O2/c1-11-16-9-10-17(11)13-5-3-12(4-6-13)15(14(18)19)7-2-8-15/h3-6,9-10H,2,7-8H2,1H3,(H,18,19). The lowest BCUT2D eigenvalue weighted by Crippen LogP contribution is -2.42. The minimum atomic E-state index is -0.703. The predicted molar refractivity (Wildman–Crippen MR) is 71.5 cm³/mol. The number of carboxylic acid groups (broad SMARTS) is 1. The van der Waals surface area contributed by atoms with Crippen molar-refractivity contribution in [3.63, 3.8) is 0 Å². The Kier molecular flexibility index (Phi) is 2.66. The van der Waals surface area contributed by atoms with E-state index in [1.165, 1.54) is 0 Å². The van der Waals surface area contributed by atoms with Crippen LogP contribution in [0.1, 0.15) is 30.7 Å². The summed E-state index contributed by atoms with van der Waals surface area (Å²) in [5.41, 5.74) is 1.27. The second-order valence-electron chi connectivity index (χ2n) is 5.13. The third-order valence-electron chi connectivity index (χ3n) is 4.14. The van der Waals surface area contributed by atoms with E-state index in [1.54, 1.807) is 6.20 Å². The van der Waals surface area contributed by atoms with E-state index >= 15 is 0 Å². The lowest BCUT2D eigenvalue weighted by atomic mass is 9.64. The molecule has 3 rings (SSSR count). The summed E-state index contributed by atoms with van der Waals surface area (Å²) in [5, 5.41) is 9.42. The number of hydrogen-bond acceptors (Lipinski definition) is 2. The van der Waals surface area contributed by atoms with Crippen molar-refractivity contribution in [2.75, 3.05) is 0 Å². The third kappa shape index (κ3) is 1.75. The Bertz CT molecular complexity index is 609. The zero-order valence-corrected chi connectivity index (χ0v) is 10.8. The van der Waals surface area contributed by atoms with Crippen molar-refractivity contribution in [1.82, 2.24) is 9.55 Å². The van der Waals surface area contributed by atoms with Crippen LogP contribution in [0.5, 0.6) is 0 Å². The van der Waals surface area contributed by atoms with E-state index in [2.05, 4.69) is 4.98 Å². The molecule has 0 atom stereocenters. The summed E-state index contributed by atoms with van der Waals surface area (Å²) >= 11 is 0. The molecular weight excluding hydrogens is 240 g/mol. The fraction of sp³-hybridized carbons (Fsp3) is 0.333. The van der Waals surface area contributed by atoms with Gasteiger partial charge in [0.15, 0.2) is 0 Å². The molecule has 98 valence electrons. The molecule has 0 amide bonds. The van der Waals surface area contributed by atoms with Crippen LogP contribution in [0.3, 0.4) is 0 Å². The van der Waals surface area contributed by atoms with E-state index in [4.69, 9.17) is 0 Å². The number of carbonyl (C=O) groups is 1. The van der Waals surface area contributed by atoms with Crippen molar-refractivity contribution in [2.45, 2.75) is 31.6 Å². The third-order valence-corrected chi connectivity index (χ3v) is 4.14. The number of rotatable bonds is 3. The predicted octanol–water partition coefficient (Wildman–Crippen LogP) is 2.69. The first kappa shape index (κ1) is 12.0. The number of aromatic nitrogens is 2. The molecule has 1 aromatic heterocycles. The first-order valence-electron chi connectivity index (χ1n) is 6.48. The molecule has 1 fully saturated rings. The molecule has 1 N–H and O–H groups in total. The summed E-state index contributed by atoms with van der Waals surface area (Å²) < 4.78 is 1.98. The van der Waals surface area contributed by atoms with Crippen LogP contribution >= 0.6 is 0 Å². The number of hydrogen-bond donors (Lipinski definition) is 1. The summed E-state index contributed by atoms with van der Waals surface area (Å²) in [6, 6.07) is 7.80. The van der Waals surface area contributed by atoms with Gasteiger partial charge in [0.05, 0.1) is 5.41 Å². The molecule has 0 unspecified atom stereocenters. The quantitative estimate of drug-likeness (QED) is 0.918. The first-order chi connectivity index (χ1) is 9.13. The van der Waals surface area contributed by atoms with Gasteiger partial charge < -0.3 is 9.67 Å². The number of imidazole rings is 1. The fourth-order valence-corrected chi connectivity index (χ4v) is 2.75. The number of nitrogens with zero attached hydrogens (tertiary/aromatic N) is 2. The van der Waals surface area contributed by atoms with Crippen LogP contribution in [0, 0.1) is 6.92 Å². The van der Waals surface area contributed by atoms with Crippen LogP contribution in [0.2, 0.25) is 0 Å². The largest absolute Gasteiger partial charge is 0.481 e. The molecule has 4 nitrogen and oxygen atoms in total. The van der Waals surface area contributed by atoms with Crippen molar-refractivity contribution >= 4 is 5.97 Å². The van der Waals surface area contributed by atoms with E-state index in [0.717, 1.165) is 36.3 Å². The maximum Gasteiger partial charge on any atom is 0.314 e. The average Bonchev–Trinajstić information content (AvgIpc) is 2.74. The van der Waals surface area contributed by atoms with E-state index in [9.17, 15) is 9.90 Å². The second-order valence-corrected chi connectivity index (χ2v) is 5.13. The highest BCUT2D eigenvalue weighted by atomic mass is 16.4. The summed E-state index contributed by atoms with van der Waals surface area (Å²) in [6.45, 7) is 1.94. The highest BCUT2D eigenvalue weighted by molar-refractivity contribution is 5.82. The molecule has 19 heavy (non-hydrogen) atoms. The van der Waals surface area contributed by atoms with Crippen LogP contribution in [-0.2, 0) is 10.2 Å². The van der Waals surface area contributed by atoms with Gasteiger partial charge in [0.25, 0.3) is 0 Å². The van der Waals surface area contributed by atoms with Crippen LogP contribution in [0.15, 0.2) is 36.7 Å². The highest BCUT2D eigenvalue weighted by Gasteiger charge is 2.45. The van der Waals surface area contributed by atoms with Gasteiger partial charge in [-0.15, -0.1) is 0 Å². The van der Waals surface area contributed by atoms with Gasteiger partial charge in [0, 0.05) is 18.1 Å². The van der Waals surface area contributed by atoms with Gasteiger partial charge in [0.2, 0.25) is 0 Å². The molecule has 0 spiro atoms. The Morgan fingerprint density at radius 3 is 2.42 bits per heavy atom. The Labute approximate surface area is 111 Å². The maximum absolute atomic E-state index is 11.5. The second kappa shape index (κ2) is 4.23. The first-order valence-corrected chi connectivity index (χ1v) is 6.48. The molecule has 4 heteroatoms. The number of carboxylic acids is 1. The summed E-state index contributed by atoms with van der Waals surface area (Å²) in [5.74, 6) is 0.217. The maximum atomic E-state index is 11.5. The van der Waals surface area contributed by atoms with Gasteiger partial charge in [-0.3, -0.25) is 4.79 Å². The summed E-state index contributed by atoms with van der Waals surface area (Å²) in [4.78, 5) is 15.6. The van der Waals surface area contributed by atoms with Crippen molar-refractivity contribution in [2.24, 2.45) is 0 Å². The molecule has 1 aliphatic carbocycles. The molecule has 1 saturated carbocycles. The van der Waals surface area contributed by atoms with E-state index in [0.29, 0.717) is 0 Å². The summed E-state index contributed by atoms with van der Waals surface area (Å²) in [6.07, 6.45) is 6.14. The van der Waals surface area contributed by atoms with Crippen molar-refractivity contribution in [1.29, 1.82) is 0 Å². The normalized spacial score (nSPS) is 16.9. The van der Waals surface area contributed by atoms with E-state index in [1.807, 2.05) is 42.0 Å². The van der Waals surface area contributed by atoms with Gasteiger partial charge in [-0.2, -0.15) is 0 Å². The van der Waals surface area contributed by atoms with Gasteiger partial charge in [-0.05, 0) is 37.5 Å². The molecule has 0 radical (unpaired) electrons. The zero-order chi connectivity index (χ0) is 13.5. The van der Waals surface area contributed by atoms with Gasteiger partial charge in [-0.1, -0.05) is 18.6 Å². The molecule has 1 aliphatic rings. The van der Waals surface area contributed by atoms with Crippen LogP contribution in [0.25, 0.3) is 5.69 Å². The number of benzene rings is 1. The molecule has 0 saturated heterocycles. The lowest BCUT2D eigenvalue weighted by Gasteiger charge is -2.38. The van der Waals surface area contributed by atoms with Gasteiger partial charge in [-0.25, -0.2) is 4.98 Å². The van der Waals surface area contributed by atoms with Crippen molar-refractivity contribution in [3.8, 4) is 5.69 Å². The minimum absolute atomic E-state index is 0.650. The molecular formula is C15H16N2O2. The summed E-state index contributed by atoms with van der Waals surface area (Å²) in [7, 11) is 0. The SMILES string of the molecule is Cc1nccn1-c1ccc(C2(C(=O)O)CCC2)cc1. The highest BCUT2D eigenvalue weighted by Crippen LogP contribution is 2.44. The van der Waals surface area contributed by atoms with Gasteiger partial charge >= 0.3 is 5.97 Å². The van der Waals surface area contributed by atoms with Gasteiger partial charge in [0.1, 0.15) is 5.82 Å². The Balaban J connectivity index is 1.95. The zero-order valence-electron chi connectivity index (χ0n) is 10.8. The van der Waals surface area contributed by atoms with E-state index < -0.39 is 11.4 Å². The molecule has 2 aromatic rings. The minimum Gasteiger partial charge on any atom is -0.481 e. The molecule has 0 bridgehead atoms. The van der Waals surface area contributed by atoms with Crippen LogP contribution < -0.4 is 0 Å². The topological polar surface area (TPSA) is 55.1 Å².